The Hall–Kier alpha value is -1.31. The number of nitrogens with zero attached hydrogens (tertiary/aromatic N) is 1. The summed E-state index contributed by atoms with van der Waals surface area (Å²) in [6.45, 7) is 9.88. The minimum Gasteiger partial charge on any atom is -0.372 e. The summed E-state index contributed by atoms with van der Waals surface area (Å²) in [7, 11) is 2.01. The average molecular weight is 235 g/mol. The van der Waals surface area contributed by atoms with Gasteiger partial charge in [-0.25, -0.2) is 4.39 Å². The van der Waals surface area contributed by atoms with Crippen LogP contribution >= 0.6 is 0 Å². The first-order chi connectivity index (χ1) is 7.91. The van der Waals surface area contributed by atoms with Crippen molar-refractivity contribution in [1.29, 1.82) is 0 Å². The molecule has 0 heterocycles. The first kappa shape index (κ1) is 13.8. The highest BCUT2D eigenvalue weighted by Crippen LogP contribution is 2.21. The molecule has 94 valence electrons. The van der Waals surface area contributed by atoms with Crippen LogP contribution in [0.3, 0.4) is 0 Å². The molecule has 17 heavy (non-hydrogen) atoms. The van der Waals surface area contributed by atoms with Crippen molar-refractivity contribution in [2.75, 3.05) is 11.9 Å². The Kier molecular flexibility index (Phi) is 4.73. The second kappa shape index (κ2) is 5.85. The number of anilines is 1. The number of aryl methyl sites for hydroxylation is 1. The van der Waals surface area contributed by atoms with Crippen LogP contribution in [0.2, 0.25) is 0 Å². The summed E-state index contributed by atoms with van der Waals surface area (Å²) in [6.07, 6.45) is 2.06. The molecule has 0 radical (unpaired) electrons. The average Bonchev–Trinajstić information content (AvgIpc) is 2.28. The predicted octanol–water partition coefficient (Wildman–Crippen LogP) is 4.32. The zero-order valence-corrected chi connectivity index (χ0v) is 11.3. The zero-order valence-electron chi connectivity index (χ0n) is 11.3. The highest BCUT2D eigenvalue weighted by molar-refractivity contribution is 5.48. The molecule has 1 nitrogen and oxygen atoms in total. The van der Waals surface area contributed by atoms with Gasteiger partial charge in [-0.3, -0.25) is 0 Å². The van der Waals surface area contributed by atoms with E-state index in [1.54, 1.807) is 13.0 Å². The number of allylic oxidation sites excluding steroid dienone is 1. The molecule has 0 aliphatic heterocycles. The summed E-state index contributed by atoms with van der Waals surface area (Å²) in [6, 6.07) is 5.78. The van der Waals surface area contributed by atoms with Gasteiger partial charge in [0.2, 0.25) is 0 Å². The van der Waals surface area contributed by atoms with Crippen LogP contribution in [0.4, 0.5) is 10.1 Å². The number of rotatable bonds is 5. The maximum atomic E-state index is 13.5. The van der Waals surface area contributed by atoms with Crippen LogP contribution < -0.4 is 4.90 Å². The van der Waals surface area contributed by atoms with Gasteiger partial charge in [-0.2, -0.15) is 0 Å². The van der Waals surface area contributed by atoms with Gasteiger partial charge in [0.25, 0.3) is 0 Å². The van der Waals surface area contributed by atoms with E-state index >= 15 is 0 Å². The van der Waals surface area contributed by atoms with Gasteiger partial charge >= 0.3 is 0 Å². The zero-order chi connectivity index (χ0) is 13.0. The summed E-state index contributed by atoms with van der Waals surface area (Å²) in [5.41, 5.74) is 2.82. The van der Waals surface area contributed by atoms with Crippen molar-refractivity contribution in [2.45, 2.75) is 39.7 Å². The summed E-state index contributed by atoms with van der Waals surface area (Å²) in [5, 5.41) is 0. The van der Waals surface area contributed by atoms with Crippen LogP contribution in [0.1, 0.15) is 32.3 Å². The normalized spacial score (nSPS) is 12.3. The Morgan fingerprint density at radius 3 is 2.65 bits per heavy atom. The highest BCUT2D eigenvalue weighted by Gasteiger charge is 2.11. The molecule has 0 aromatic heterocycles. The number of hydrogen-bond acceptors (Lipinski definition) is 1. The van der Waals surface area contributed by atoms with Crippen molar-refractivity contribution in [3.63, 3.8) is 0 Å². The van der Waals surface area contributed by atoms with Crippen molar-refractivity contribution >= 4 is 5.69 Å². The van der Waals surface area contributed by atoms with Crippen LogP contribution in [0.25, 0.3) is 0 Å². The first-order valence-corrected chi connectivity index (χ1v) is 6.05. The minimum atomic E-state index is -0.138. The molecular weight excluding hydrogens is 213 g/mol. The quantitative estimate of drug-likeness (QED) is 0.687. The van der Waals surface area contributed by atoms with Crippen molar-refractivity contribution in [3.8, 4) is 0 Å². The Morgan fingerprint density at radius 1 is 1.47 bits per heavy atom. The fourth-order valence-corrected chi connectivity index (χ4v) is 1.70. The Bertz CT molecular complexity index is 398. The molecule has 0 saturated heterocycles. The summed E-state index contributed by atoms with van der Waals surface area (Å²) in [4.78, 5) is 2.12. The second-order valence-electron chi connectivity index (χ2n) is 4.89. The van der Waals surface area contributed by atoms with E-state index in [9.17, 15) is 4.39 Å². The van der Waals surface area contributed by atoms with Crippen molar-refractivity contribution in [1.82, 2.24) is 0 Å². The van der Waals surface area contributed by atoms with E-state index < -0.39 is 0 Å². The third-order valence-corrected chi connectivity index (χ3v) is 3.21. The molecule has 1 rings (SSSR count). The van der Waals surface area contributed by atoms with Gasteiger partial charge in [0.1, 0.15) is 5.82 Å². The van der Waals surface area contributed by atoms with Gasteiger partial charge in [-0.05, 0) is 51.3 Å². The van der Waals surface area contributed by atoms with Gasteiger partial charge in [0.05, 0.1) is 0 Å². The Morgan fingerprint density at radius 2 is 2.12 bits per heavy atom. The third kappa shape index (κ3) is 3.88. The molecular formula is C15H22FN. The van der Waals surface area contributed by atoms with E-state index in [2.05, 4.69) is 18.4 Å². The van der Waals surface area contributed by atoms with Crippen LogP contribution in [0, 0.1) is 12.7 Å². The SMILES string of the molecule is C=C(C)CCC(C)N(C)c1ccc(C)c(F)c1. The molecule has 1 aromatic rings. The molecule has 0 spiro atoms. The molecule has 1 aromatic carbocycles. The van der Waals surface area contributed by atoms with E-state index in [4.69, 9.17) is 0 Å². The lowest BCUT2D eigenvalue weighted by molar-refractivity contribution is 0.606. The van der Waals surface area contributed by atoms with E-state index in [1.807, 2.05) is 26.1 Å². The summed E-state index contributed by atoms with van der Waals surface area (Å²) >= 11 is 0. The van der Waals surface area contributed by atoms with Crippen molar-refractivity contribution in [2.24, 2.45) is 0 Å². The molecule has 0 saturated carbocycles. The molecule has 1 unspecified atom stereocenters. The molecule has 1 atom stereocenters. The van der Waals surface area contributed by atoms with Crippen LogP contribution in [0.15, 0.2) is 30.4 Å². The van der Waals surface area contributed by atoms with Crippen LogP contribution in [-0.2, 0) is 0 Å². The van der Waals surface area contributed by atoms with E-state index in [0.717, 1.165) is 18.5 Å². The lowest BCUT2D eigenvalue weighted by atomic mass is 10.1. The predicted molar refractivity (Wildman–Crippen MR) is 73.1 cm³/mol. The van der Waals surface area contributed by atoms with E-state index in [-0.39, 0.29) is 5.82 Å². The van der Waals surface area contributed by atoms with Gasteiger partial charge in [-0.1, -0.05) is 11.6 Å². The maximum Gasteiger partial charge on any atom is 0.128 e. The first-order valence-electron chi connectivity index (χ1n) is 6.05. The third-order valence-electron chi connectivity index (χ3n) is 3.21. The molecule has 0 aliphatic carbocycles. The highest BCUT2D eigenvalue weighted by atomic mass is 19.1. The van der Waals surface area contributed by atoms with Crippen molar-refractivity contribution in [3.05, 3.63) is 41.7 Å². The second-order valence-corrected chi connectivity index (χ2v) is 4.89. The number of hydrogen-bond donors (Lipinski definition) is 0. The van der Waals surface area contributed by atoms with Gasteiger partial charge in [-0.15, -0.1) is 6.58 Å². The number of benzene rings is 1. The monoisotopic (exact) mass is 235 g/mol. The maximum absolute atomic E-state index is 13.5. The van der Waals surface area contributed by atoms with Crippen LogP contribution in [0.5, 0.6) is 0 Å². The molecule has 0 bridgehead atoms. The van der Waals surface area contributed by atoms with E-state index in [1.165, 1.54) is 5.57 Å². The van der Waals surface area contributed by atoms with Crippen LogP contribution in [-0.4, -0.2) is 13.1 Å². The summed E-state index contributed by atoms with van der Waals surface area (Å²) in [5.74, 6) is -0.138. The Labute approximate surface area is 104 Å². The lowest BCUT2D eigenvalue weighted by Crippen LogP contribution is -2.28. The lowest BCUT2D eigenvalue weighted by Gasteiger charge is -2.27. The van der Waals surface area contributed by atoms with Gasteiger partial charge in [0, 0.05) is 18.8 Å². The van der Waals surface area contributed by atoms with E-state index in [0.29, 0.717) is 11.6 Å². The molecule has 0 aliphatic rings. The molecule has 2 heteroatoms. The minimum absolute atomic E-state index is 0.138. The fourth-order valence-electron chi connectivity index (χ4n) is 1.70. The smallest absolute Gasteiger partial charge is 0.128 e. The molecule has 0 fully saturated rings. The summed E-state index contributed by atoms with van der Waals surface area (Å²) < 4.78 is 13.5. The largest absolute Gasteiger partial charge is 0.372 e. The number of halogens is 1. The fraction of sp³-hybridized carbons (Fsp3) is 0.467. The Balaban J connectivity index is 2.70. The standard InChI is InChI=1S/C15H22FN/c1-11(2)6-8-13(4)17(5)14-9-7-12(3)15(16)10-14/h7,9-10,13H,1,6,8H2,2-5H3. The topological polar surface area (TPSA) is 3.24 Å². The molecule has 0 amide bonds. The van der Waals surface area contributed by atoms with Crippen molar-refractivity contribution < 1.29 is 4.39 Å². The van der Waals surface area contributed by atoms with Gasteiger partial charge in [0.15, 0.2) is 0 Å². The van der Waals surface area contributed by atoms with Gasteiger partial charge < -0.3 is 4.90 Å². The molecule has 0 N–H and O–H groups in total.